The lowest BCUT2D eigenvalue weighted by atomic mass is 10.0. The van der Waals surface area contributed by atoms with Gasteiger partial charge in [-0.1, -0.05) is 66.7 Å². The molecule has 0 bridgehead atoms. The van der Waals surface area contributed by atoms with Gasteiger partial charge in [0.2, 0.25) is 0 Å². The summed E-state index contributed by atoms with van der Waals surface area (Å²) in [7, 11) is 1.65. The van der Waals surface area contributed by atoms with Gasteiger partial charge in [-0.3, -0.25) is 5.43 Å². The molecule has 1 N–H and O–H groups in total. The van der Waals surface area contributed by atoms with Crippen LogP contribution in [0.2, 0.25) is 0 Å². The Balaban J connectivity index is 1.95. The van der Waals surface area contributed by atoms with Crippen LogP contribution in [0, 0.1) is 0 Å². The van der Waals surface area contributed by atoms with E-state index in [0.29, 0.717) is 0 Å². The number of rotatable bonds is 5. The number of ether oxygens (including phenoxy) is 1. The monoisotopic (exact) mass is 302 g/mol. The van der Waals surface area contributed by atoms with Crippen LogP contribution >= 0.6 is 0 Å². The van der Waals surface area contributed by atoms with Gasteiger partial charge in [0, 0.05) is 17.2 Å². The molecule has 0 aliphatic carbocycles. The molecule has 0 aliphatic rings. The van der Waals surface area contributed by atoms with Gasteiger partial charge in [0.1, 0.15) is 5.75 Å². The molecular weight excluding hydrogens is 284 g/mol. The molecule has 0 atom stereocenters. The van der Waals surface area contributed by atoms with E-state index in [9.17, 15) is 0 Å². The lowest BCUT2D eigenvalue weighted by molar-refractivity contribution is 0.415. The Bertz CT molecular complexity index is 742. The first kappa shape index (κ1) is 14.9. The number of nitrogens with one attached hydrogen (secondary N) is 1. The molecule has 0 heterocycles. The number of hydrogen-bond acceptors (Lipinski definition) is 3. The van der Waals surface area contributed by atoms with Gasteiger partial charge in [0.25, 0.3) is 0 Å². The van der Waals surface area contributed by atoms with Crippen LogP contribution in [-0.4, -0.2) is 12.8 Å². The molecule has 0 aromatic heterocycles. The van der Waals surface area contributed by atoms with E-state index in [0.717, 1.165) is 28.3 Å². The van der Waals surface area contributed by atoms with E-state index in [1.54, 1.807) is 7.11 Å². The van der Waals surface area contributed by atoms with Crippen molar-refractivity contribution in [1.82, 2.24) is 0 Å². The first-order valence-electron chi connectivity index (χ1n) is 7.45. The summed E-state index contributed by atoms with van der Waals surface area (Å²) in [6, 6.07) is 28.0. The quantitative estimate of drug-likeness (QED) is 0.553. The standard InChI is InChI=1S/C20H18N2O/c1-23-19-14-8-13-18(15-19)21-22-20(16-9-4-2-5-10-16)17-11-6-3-7-12-17/h2-15,21H,1H3. The van der Waals surface area contributed by atoms with Crippen molar-refractivity contribution in [3.63, 3.8) is 0 Å². The normalized spacial score (nSPS) is 9.96. The maximum Gasteiger partial charge on any atom is 0.120 e. The van der Waals surface area contributed by atoms with Crippen LogP contribution < -0.4 is 10.2 Å². The van der Waals surface area contributed by atoms with Crippen molar-refractivity contribution in [2.24, 2.45) is 5.10 Å². The summed E-state index contributed by atoms with van der Waals surface area (Å²) >= 11 is 0. The van der Waals surface area contributed by atoms with Gasteiger partial charge in [-0.25, -0.2) is 0 Å². The molecule has 3 heteroatoms. The van der Waals surface area contributed by atoms with Gasteiger partial charge in [-0.05, 0) is 12.1 Å². The number of nitrogens with zero attached hydrogens (tertiary/aromatic N) is 1. The van der Waals surface area contributed by atoms with Crippen molar-refractivity contribution in [2.75, 3.05) is 12.5 Å². The zero-order valence-electron chi connectivity index (χ0n) is 12.9. The number of benzene rings is 3. The number of hydrazone groups is 1. The SMILES string of the molecule is COc1cccc(NN=C(c2ccccc2)c2ccccc2)c1. The van der Waals surface area contributed by atoms with Crippen molar-refractivity contribution in [2.45, 2.75) is 0 Å². The molecule has 0 unspecified atom stereocenters. The van der Waals surface area contributed by atoms with E-state index >= 15 is 0 Å². The van der Waals surface area contributed by atoms with Crippen molar-refractivity contribution in [3.05, 3.63) is 96.1 Å². The third-order valence-electron chi connectivity index (χ3n) is 3.46. The van der Waals surface area contributed by atoms with Gasteiger partial charge >= 0.3 is 0 Å². The zero-order chi connectivity index (χ0) is 15.9. The molecule has 3 nitrogen and oxygen atoms in total. The van der Waals surface area contributed by atoms with Crippen molar-refractivity contribution < 1.29 is 4.74 Å². The molecular formula is C20H18N2O. The first-order chi connectivity index (χ1) is 11.4. The maximum atomic E-state index is 5.24. The highest BCUT2D eigenvalue weighted by Gasteiger charge is 2.06. The van der Waals surface area contributed by atoms with Crippen LogP contribution in [0.4, 0.5) is 5.69 Å². The minimum absolute atomic E-state index is 0.797. The summed E-state index contributed by atoms with van der Waals surface area (Å²) in [5.41, 5.74) is 7.03. The Labute approximate surface area is 136 Å². The minimum Gasteiger partial charge on any atom is -0.497 e. The summed E-state index contributed by atoms with van der Waals surface area (Å²) < 4.78 is 5.24. The summed E-state index contributed by atoms with van der Waals surface area (Å²) in [6.07, 6.45) is 0. The molecule has 0 saturated carbocycles. The summed E-state index contributed by atoms with van der Waals surface area (Å²) in [5, 5.41) is 4.62. The Morgan fingerprint density at radius 1 is 0.783 bits per heavy atom. The fraction of sp³-hybridized carbons (Fsp3) is 0.0500. The van der Waals surface area contributed by atoms with Crippen molar-refractivity contribution in [3.8, 4) is 5.75 Å². The van der Waals surface area contributed by atoms with Gasteiger partial charge in [0.05, 0.1) is 18.5 Å². The highest BCUT2D eigenvalue weighted by atomic mass is 16.5. The lowest BCUT2D eigenvalue weighted by Crippen LogP contribution is -2.06. The Hall–Kier alpha value is -3.07. The molecule has 0 spiro atoms. The van der Waals surface area contributed by atoms with Gasteiger partial charge in [0.15, 0.2) is 0 Å². The molecule has 3 aromatic carbocycles. The molecule has 0 amide bonds. The number of methoxy groups -OCH3 is 1. The molecule has 0 saturated heterocycles. The smallest absolute Gasteiger partial charge is 0.120 e. The largest absolute Gasteiger partial charge is 0.497 e. The lowest BCUT2D eigenvalue weighted by Gasteiger charge is -2.09. The maximum absolute atomic E-state index is 5.24. The van der Waals surface area contributed by atoms with E-state index in [1.165, 1.54) is 0 Å². The van der Waals surface area contributed by atoms with E-state index in [2.05, 4.69) is 34.8 Å². The third kappa shape index (κ3) is 3.77. The summed E-state index contributed by atoms with van der Waals surface area (Å²) in [4.78, 5) is 0. The van der Waals surface area contributed by atoms with Gasteiger partial charge < -0.3 is 4.74 Å². The van der Waals surface area contributed by atoms with Crippen LogP contribution in [0.3, 0.4) is 0 Å². The fourth-order valence-corrected chi connectivity index (χ4v) is 2.30. The van der Waals surface area contributed by atoms with Gasteiger partial charge in [-0.15, -0.1) is 0 Å². The zero-order valence-corrected chi connectivity index (χ0v) is 12.9. The summed E-state index contributed by atoms with van der Waals surface area (Å²) in [5.74, 6) is 0.797. The second-order valence-corrected chi connectivity index (χ2v) is 5.04. The molecule has 3 aromatic rings. The highest BCUT2D eigenvalue weighted by molar-refractivity contribution is 6.13. The second-order valence-electron chi connectivity index (χ2n) is 5.04. The predicted molar refractivity (Wildman–Crippen MR) is 95.1 cm³/mol. The predicted octanol–water partition coefficient (Wildman–Crippen LogP) is 4.56. The van der Waals surface area contributed by atoms with Crippen LogP contribution in [0.5, 0.6) is 5.75 Å². The van der Waals surface area contributed by atoms with Crippen LogP contribution in [0.25, 0.3) is 0 Å². The van der Waals surface area contributed by atoms with E-state index in [1.807, 2.05) is 60.7 Å². The van der Waals surface area contributed by atoms with Crippen LogP contribution in [-0.2, 0) is 0 Å². The van der Waals surface area contributed by atoms with E-state index in [-0.39, 0.29) is 0 Å². The number of anilines is 1. The molecule has 3 rings (SSSR count). The second kappa shape index (κ2) is 7.27. The molecule has 0 radical (unpaired) electrons. The Morgan fingerprint density at radius 2 is 1.39 bits per heavy atom. The van der Waals surface area contributed by atoms with Crippen molar-refractivity contribution in [1.29, 1.82) is 0 Å². The summed E-state index contributed by atoms with van der Waals surface area (Å²) in [6.45, 7) is 0. The first-order valence-corrected chi connectivity index (χ1v) is 7.45. The van der Waals surface area contributed by atoms with E-state index < -0.39 is 0 Å². The molecule has 114 valence electrons. The average Bonchev–Trinajstić information content (AvgIpc) is 2.64. The molecule has 23 heavy (non-hydrogen) atoms. The van der Waals surface area contributed by atoms with E-state index in [4.69, 9.17) is 4.74 Å². The molecule has 0 aliphatic heterocycles. The van der Waals surface area contributed by atoms with Crippen LogP contribution in [0.15, 0.2) is 90.0 Å². The topological polar surface area (TPSA) is 33.6 Å². The minimum atomic E-state index is 0.797. The Kier molecular flexibility index (Phi) is 4.69. The third-order valence-corrected chi connectivity index (χ3v) is 3.46. The highest BCUT2D eigenvalue weighted by Crippen LogP contribution is 2.18. The average molecular weight is 302 g/mol. The fourth-order valence-electron chi connectivity index (χ4n) is 2.30. The van der Waals surface area contributed by atoms with Gasteiger partial charge in [-0.2, -0.15) is 5.10 Å². The van der Waals surface area contributed by atoms with Crippen molar-refractivity contribution >= 4 is 11.4 Å². The molecule has 0 fully saturated rings. The van der Waals surface area contributed by atoms with Crippen LogP contribution in [0.1, 0.15) is 11.1 Å². The Morgan fingerprint density at radius 3 is 1.96 bits per heavy atom. The number of hydrogen-bond donors (Lipinski definition) is 1.